The fourth-order valence-electron chi connectivity index (χ4n) is 4.35. The quantitative estimate of drug-likeness (QED) is 0.867. The van der Waals surface area contributed by atoms with Gasteiger partial charge in [0.15, 0.2) is 23.0 Å². The van der Waals surface area contributed by atoms with E-state index in [1.165, 1.54) is 16.0 Å². The molecule has 26 heavy (non-hydrogen) atoms. The van der Waals surface area contributed by atoms with E-state index in [2.05, 4.69) is 12.1 Å². The van der Waals surface area contributed by atoms with Crippen LogP contribution in [0.15, 0.2) is 18.2 Å². The number of nitrogens with one attached hydrogen (secondary N) is 1. The summed E-state index contributed by atoms with van der Waals surface area (Å²) < 4.78 is 21.8. The van der Waals surface area contributed by atoms with Crippen LogP contribution in [-0.2, 0) is 13.1 Å². The van der Waals surface area contributed by atoms with E-state index in [4.69, 9.17) is 18.9 Å². The second-order valence-corrected chi connectivity index (χ2v) is 6.79. The van der Waals surface area contributed by atoms with Crippen molar-refractivity contribution in [2.75, 3.05) is 35.0 Å². The third kappa shape index (κ3) is 2.36. The van der Waals surface area contributed by atoms with E-state index in [1.807, 2.05) is 6.07 Å². The summed E-state index contributed by atoms with van der Waals surface area (Å²) in [4.78, 5) is 1.41. The Bertz CT molecular complexity index is 864. The van der Waals surface area contributed by atoms with Crippen LogP contribution in [0.5, 0.6) is 28.7 Å². The van der Waals surface area contributed by atoms with Crippen LogP contribution in [0.3, 0.4) is 0 Å². The summed E-state index contributed by atoms with van der Waals surface area (Å²) >= 11 is 0. The molecule has 2 atom stereocenters. The lowest BCUT2D eigenvalue weighted by molar-refractivity contribution is -0.933. The number of methoxy groups -OCH3 is 4. The van der Waals surface area contributed by atoms with E-state index in [-0.39, 0.29) is 11.7 Å². The smallest absolute Gasteiger partial charge is 0.203 e. The van der Waals surface area contributed by atoms with Crippen LogP contribution in [0.1, 0.15) is 28.2 Å². The molecule has 2 bridgehead atoms. The summed E-state index contributed by atoms with van der Waals surface area (Å²) in [5.41, 5.74) is 4.51. The van der Waals surface area contributed by atoms with Gasteiger partial charge in [-0.3, -0.25) is 0 Å². The number of benzene rings is 2. The van der Waals surface area contributed by atoms with Crippen LogP contribution in [0.2, 0.25) is 0 Å². The summed E-state index contributed by atoms with van der Waals surface area (Å²) in [6, 6.07) is 6.14. The highest BCUT2D eigenvalue weighted by molar-refractivity contribution is 5.62. The Labute approximate surface area is 152 Å². The molecule has 4 rings (SSSR count). The molecule has 2 aliphatic heterocycles. The van der Waals surface area contributed by atoms with Crippen LogP contribution in [0.25, 0.3) is 0 Å². The molecule has 2 aromatic rings. The first-order valence-corrected chi connectivity index (χ1v) is 8.66. The van der Waals surface area contributed by atoms with E-state index in [0.29, 0.717) is 11.5 Å². The average Bonchev–Trinajstić information content (AvgIpc) is 2.67. The maximum atomic E-state index is 10.8. The van der Waals surface area contributed by atoms with E-state index in [1.54, 1.807) is 28.4 Å². The van der Waals surface area contributed by atoms with Gasteiger partial charge in [0.25, 0.3) is 0 Å². The lowest BCUT2D eigenvalue weighted by Crippen LogP contribution is -3.11. The summed E-state index contributed by atoms with van der Waals surface area (Å²) in [6.07, 6.45) is 0. The van der Waals surface area contributed by atoms with Gasteiger partial charge in [0.2, 0.25) is 5.75 Å². The number of hydrogen-bond acceptors (Lipinski definition) is 5. The fourth-order valence-corrected chi connectivity index (χ4v) is 4.35. The van der Waals surface area contributed by atoms with Gasteiger partial charge >= 0.3 is 0 Å². The molecule has 0 aromatic heterocycles. The van der Waals surface area contributed by atoms with E-state index >= 15 is 0 Å². The summed E-state index contributed by atoms with van der Waals surface area (Å²) in [5.74, 6) is 2.80. The van der Waals surface area contributed by atoms with Gasteiger partial charge in [0, 0.05) is 5.56 Å². The van der Waals surface area contributed by atoms with Crippen LogP contribution in [0, 0.1) is 0 Å². The SMILES string of the molecule is COc1cc2c(cc1OC)[C@H]1C[NH+](C2)Cc2c1cc(OC)c(OC)c2O. The molecule has 1 unspecified atom stereocenters. The molecule has 0 spiro atoms. The third-order valence-corrected chi connectivity index (χ3v) is 5.54. The third-order valence-electron chi connectivity index (χ3n) is 5.54. The summed E-state index contributed by atoms with van der Waals surface area (Å²) in [6.45, 7) is 2.62. The van der Waals surface area contributed by atoms with Crippen molar-refractivity contribution >= 4 is 0 Å². The number of hydrogen-bond donors (Lipinski definition) is 2. The molecule has 0 saturated heterocycles. The van der Waals surface area contributed by atoms with Crippen molar-refractivity contribution < 1.29 is 29.0 Å². The lowest BCUT2D eigenvalue weighted by Gasteiger charge is -2.38. The molecule has 2 heterocycles. The predicted molar refractivity (Wildman–Crippen MR) is 95.8 cm³/mol. The highest BCUT2D eigenvalue weighted by atomic mass is 16.5. The van der Waals surface area contributed by atoms with Crippen LogP contribution in [0.4, 0.5) is 0 Å². The molecule has 0 radical (unpaired) electrons. The van der Waals surface area contributed by atoms with E-state index < -0.39 is 0 Å². The van der Waals surface area contributed by atoms with Crippen molar-refractivity contribution in [1.82, 2.24) is 0 Å². The average molecular weight is 358 g/mol. The largest absolute Gasteiger partial charge is 0.504 e. The Morgan fingerprint density at radius 1 is 0.846 bits per heavy atom. The van der Waals surface area contributed by atoms with Gasteiger partial charge in [-0.15, -0.1) is 0 Å². The first-order chi connectivity index (χ1) is 12.6. The maximum absolute atomic E-state index is 10.8. The van der Waals surface area contributed by atoms with Gasteiger partial charge in [-0.25, -0.2) is 0 Å². The number of phenols is 1. The number of fused-ring (bicyclic) bond motifs is 6. The highest BCUT2D eigenvalue weighted by Crippen LogP contribution is 2.47. The number of rotatable bonds is 4. The van der Waals surface area contributed by atoms with E-state index in [0.717, 1.165) is 42.3 Å². The fraction of sp³-hybridized carbons (Fsp3) is 0.400. The van der Waals surface area contributed by atoms with Gasteiger partial charge in [0.1, 0.15) is 13.1 Å². The minimum Gasteiger partial charge on any atom is -0.504 e. The number of phenolic OH excluding ortho intramolecular Hbond substituents is 1. The molecule has 2 aromatic carbocycles. The van der Waals surface area contributed by atoms with E-state index in [9.17, 15) is 5.11 Å². The molecule has 6 heteroatoms. The number of aromatic hydroxyl groups is 1. The first-order valence-electron chi connectivity index (χ1n) is 8.66. The topological polar surface area (TPSA) is 61.6 Å². The van der Waals surface area contributed by atoms with Crippen molar-refractivity contribution in [2.24, 2.45) is 0 Å². The highest BCUT2D eigenvalue weighted by Gasteiger charge is 2.39. The molecule has 0 fully saturated rings. The Balaban J connectivity index is 1.91. The molecule has 0 amide bonds. The summed E-state index contributed by atoms with van der Waals surface area (Å²) in [7, 11) is 6.45. The molecule has 2 aliphatic rings. The molecule has 0 aliphatic carbocycles. The normalized spacial score (nSPS) is 20.0. The zero-order chi connectivity index (χ0) is 18.4. The van der Waals surface area contributed by atoms with Gasteiger partial charge in [-0.05, 0) is 29.3 Å². The summed E-state index contributed by atoms with van der Waals surface area (Å²) in [5, 5.41) is 10.8. The Kier molecular flexibility index (Phi) is 4.07. The molecule has 6 nitrogen and oxygen atoms in total. The maximum Gasteiger partial charge on any atom is 0.203 e. The van der Waals surface area contributed by atoms with Crippen LogP contribution < -0.4 is 23.8 Å². The Morgan fingerprint density at radius 3 is 2.15 bits per heavy atom. The molecule has 2 N–H and O–H groups in total. The second-order valence-electron chi connectivity index (χ2n) is 6.79. The Morgan fingerprint density at radius 2 is 1.50 bits per heavy atom. The second kappa shape index (κ2) is 6.29. The van der Waals surface area contributed by atoms with Crippen molar-refractivity contribution in [2.45, 2.75) is 19.0 Å². The molecular formula is C20H24NO5+. The van der Waals surface area contributed by atoms with Crippen LogP contribution in [-0.4, -0.2) is 40.1 Å². The first kappa shape index (κ1) is 16.8. The van der Waals surface area contributed by atoms with Gasteiger partial charge in [0.05, 0.1) is 46.5 Å². The van der Waals surface area contributed by atoms with Gasteiger partial charge < -0.3 is 29.0 Å². The molecule has 0 saturated carbocycles. The molecular weight excluding hydrogens is 334 g/mol. The lowest BCUT2D eigenvalue weighted by atomic mass is 9.79. The minimum absolute atomic E-state index is 0.169. The van der Waals surface area contributed by atoms with Gasteiger partial charge in [-0.1, -0.05) is 0 Å². The van der Waals surface area contributed by atoms with Crippen molar-refractivity contribution in [3.05, 3.63) is 40.5 Å². The van der Waals surface area contributed by atoms with Gasteiger partial charge in [-0.2, -0.15) is 0 Å². The van der Waals surface area contributed by atoms with Crippen molar-refractivity contribution in [3.8, 4) is 28.7 Å². The standard InChI is InChI=1S/C20H23NO5/c1-23-16-5-11-8-21-9-14(12(11)6-17(16)24-2)13-7-18(25-3)20(26-4)19(22)15(13)10-21/h5-7,14,22H,8-10H2,1-4H3/p+1/t14-/m1/s1. The van der Waals surface area contributed by atoms with Crippen molar-refractivity contribution in [1.29, 1.82) is 0 Å². The number of quaternary nitrogens is 1. The Hall–Kier alpha value is -2.60. The van der Waals surface area contributed by atoms with Crippen LogP contribution >= 0.6 is 0 Å². The zero-order valence-corrected chi connectivity index (χ0v) is 15.5. The predicted octanol–water partition coefficient (Wildman–Crippen LogP) is 1.47. The minimum atomic E-state index is 0.169. The molecule has 138 valence electrons. The monoisotopic (exact) mass is 358 g/mol. The number of ether oxygens (including phenoxy) is 4. The van der Waals surface area contributed by atoms with Crippen molar-refractivity contribution in [3.63, 3.8) is 0 Å². The zero-order valence-electron chi connectivity index (χ0n) is 15.5.